The van der Waals surface area contributed by atoms with Crippen LogP contribution in [0.5, 0.6) is 0 Å². The first-order valence-corrected chi connectivity index (χ1v) is 9.31. The Morgan fingerprint density at radius 2 is 1.81 bits per heavy atom. The van der Waals surface area contributed by atoms with Gasteiger partial charge in [0.25, 0.3) is 0 Å². The number of carbonyl (C=O) groups is 1. The third-order valence-corrected chi connectivity index (χ3v) is 5.48. The first-order chi connectivity index (χ1) is 12.3. The van der Waals surface area contributed by atoms with E-state index in [0.29, 0.717) is 37.9 Å². The van der Waals surface area contributed by atoms with Gasteiger partial charge in [-0.15, -0.1) is 0 Å². The molecular formula is C19H26F3N3O. The molecule has 1 saturated heterocycles. The van der Waals surface area contributed by atoms with E-state index in [1.165, 1.54) is 25.0 Å². The molecule has 2 fully saturated rings. The van der Waals surface area contributed by atoms with Crippen molar-refractivity contribution in [2.45, 2.75) is 50.9 Å². The molecule has 4 nitrogen and oxygen atoms in total. The first kappa shape index (κ1) is 19.0. The second-order valence-corrected chi connectivity index (χ2v) is 7.24. The molecule has 1 aliphatic carbocycles. The van der Waals surface area contributed by atoms with Crippen molar-refractivity contribution in [1.82, 2.24) is 10.2 Å². The Kier molecular flexibility index (Phi) is 5.75. The summed E-state index contributed by atoms with van der Waals surface area (Å²) in [6.45, 7) is 4.46. The number of hydrogen-bond acceptors (Lipinski definition) is 3. The third-order valence-electron chi connectivity index (χ3n) is 5.48. The maximum Gasteiger partial charge on any atom is 0.416 e. The maximum atomic E-state index is 12.9. The predicted molar refractivity (Wildman–Crippen MR) is 95.1 cm³/mol. The van der Waals surface area contributed by atoms with Gasteiger partial charge in [0.2, 0.25) is 5.91 Å². The van der Waals surface area contributed by atoms with Crippen molar-refractivity contribution < 1.29 is 18.0 Å². The van der Waals surface area contributed by atoms with E-state index < -0.39 is 11.7 Å². The number of nitrogens with one attached hydrogen (secondary N) is 1. The number of hydrogen-bond donors (Lipinski definition) is 1. The highest BCUT2D eigenvalue weighted by atomic mass is 19.4. The highest BCUT2D eigenvalue weighted by Crippen LogP contribution is 2.32. The van der Waals surface area contributed by atoms with Crippen molar-refractivity contribution >= 4 is 11.6 Å². The van der Waals surface area contributed by atoms with Gasteiger partial charge in [-0.25, -0.2) is 0 Å². The molecule has 2 aliphatic rings. The van der Waals surface area contributed by atoms with Crippen molar-refractivity contribution in [3.05, 3.63) is 29.8 Å². The van der Waals surface area contributed by atoms with Crippen molar-refractivity contribution in [2.24, 2.45) is 0 Å². The van der Waals surface area contributed by atoms with E-state index in [1.54, 1.807) is 6.07 Å². The van der Waals surface area contributed by atoms with E-state index in [1.807, 2.05) is 11.8 Å². The van der Waals surface area contributed by atoms with Gasteiger partial charge in [0.05, 0.1) is 11.6 Å². The van der Waals surface area contributed by atoms with Crippen LogP contribution in [-0.4, -0.2) is 49.1 Å². The van der Waals surface area contributed by atoms with Gasteiger partial charge in [0, 0.05) is 37.9 Å². The van der Waals surface area contributed by atoms with Crippen LogP contribution in [0.3, 0.4) is 0 Å². The lowest BCUT2D eigenvalue weighted by molar-refractivity contribution is -0.137. The summed E-state index contributed by atoms with van der Waals surface area (Å²) >= 11 is 0. The van der Waals surface area contributed by atoms with Crippen LogP contribution in [-0.2, 0) is 11.0 Å². The summed E-state index contributed by atoms with van der Waals surface area (Å²) in [7, 11) is 0. The zero-order chi connectivity index (χ0) is 18.7. The number of piperazine rings is 1. The molecule has 7 heteroatoms. The molecule has 144 valence electrons. The summed E-state index contributed by atoms with van der Waals surface area (Å²) < 4.78 is 38.7. The van der Waals surface area contributed by atoms with Crippen LogP contribution < -0.4 is 10.2 Å². The van der Waals surface area contributed by atoms with Gasteiger partial charge in [0.15, 0.2) is 0 Å². The van der Waals surface area contributed by atoms with Crippen molar-refractivity contribution in [1.29, 1.82) is 0 Å². The Hall–Kier alpha value is -1.76. The normalized spacial score (nSPS) is 21.0. The van der Waals surface area contributed by atoms with Crippen LogP contribution in [0.2, 0.25) is 0 Å². The van der Waals surface area contributed by atoms with Crippen LogP contribution in [0.4, 0.5) is 18.9 Å². The minimum Gasteiger partial charge on any atom is -0.369 e. The van der Waals surface area contributed by atoms with Gasteiger partial charge in [-0.1, -0.05) is 18.9 Å². The quantitative estimate of drug-likeness (QED) is 0.885. The number of carbonyl (C=O) groups excluding carboxylic acids is 1. The van der Waals surface area contributed by atoms with E-state index in [0.717, 1.165) is 18.9 Å². The van der Waals surface area contributed by atoms with Crippen LogP contribution in [0, 0.1) is 0 Å². The van der Waals surface area contributed by atoms with E-state index in [2.05, 4.69) is 10.2 Å². The highest BCUT2D eigenvalue weighted by Gasteiger charge is 2.32. The molecular weight excluding hydrogens is 343 g/mol. The van der Waals surface area contributed by atoms with Gasteiger partial charge in [-0.2, -0.15) is 13.2 Å². The maximum absolute atomic E-state index is 12.9. The fourth-order valence-corrected chi connectivity index (χ4v) is 3.80. The van der Waals surface area contributed by atoms with Crippen LogP contribution >= 0.6 is 0 Å². The number of halogens is 3. The minimum absolute atomic E-state index is 0.0596. The molecule has 1 atom stereocenters. The Labute approximate surface area is 152 Å². The number of nitrogens with zero attached hydrogens (tertiary/aromatic N) is 2. The summed E-state index contributed by atoms with van der Waals surface area (Å²) in [5.74, 6) is 0.0596. The Balaban J connectivity index is 1.54. The van der Waals surface area contributed by atoms with E-state index in [9.17, 15) is 18.0 Å². The minimum atomic E-state index is -4.33. The molecule has 3 rings (SSSR count). The molecule has 1 aromatic rings. The number of rotatable bonds is 4. The zero-order valence-electron chi connectivity index (χ0n) is 15.1. The van der Waals surface area contributed by atoms with Gasteiger partial charge in [-0.05, 0) is 38.0 Å². The smallest absolute Gasteiger partial charge is 0.369 e. The highest BCUT2D eigenvalue weighted by molar-refractivity contribution is 5.81. The Bertz CT molecular complexity index is 621. The van der Waals surface area contributed by atoms with Gasteiger partial charge in [-0.3, -0.25) is 9.69 Å². The molecule has 0 bridgehead atoms. The lowest BCUT2D eigenvalue weighted by atomic mass is 10.1. The van der Waals surface area contributed by atoms with Crippen molar-refractivity contribution in [2.75, 3.05) is 31.1 Å². The van der Waals surface area contributed by atoms with E-state index in [-0.39, 0.29) is 11.9 Å². The standard InChI is InChI=1S/C19H26F3N3O/c1-14(18(26)23-16-6-2-3-7-16)24-9-11-25(12-10-24)17-8-4-5-15(13-17)19(20,21)22/h4-5,8,13-14,16H,2-3,6-7,9-12H2,1H3,(H,23,26)/t14-/m0/s1. The average Bonchev–Trinajstić information content (AvgIpc) is 3.13. The predicted octanol–water partition coefficient (Wildman–Crippen LogP) is 3.27. The molecule has 0 spiro atoms. The summed E-state index contributed by atoms with van der Waals surface area (Å²) in [4.78, 5) is 16.5. The fraction of sp³-hybridized carbons (Fsp3) is 0.632. The SMILES string of the molecule is C[C@@H](C(=O)NC1CCCC1)N1CCN(c2cccc(C(F)(F)F)c2)CC1. The average molecular weight is 369 g/mol. The van der Waals surface area contributed by atoms with Gasteiger partial charge in [0.1, 0.15) is 0 Å². The molecule has 1 heterocycles. The molecule has 0 radical (unpaired) electrons. The summed E-state index contributed by atoms with van der Waals surface area (Å²) in [5.41, 5.74) is -0.0377. The van der Waals surface area contributed by atoms with Crippen molar-refractivity contribution in [3.63, 3.8) is 0 Å². The summed E-state index contributed by atoms with van der Waals surface area (Å²) in [5, 5.41) is 3.12. The fourth-order valence-electron chi connectivity index (χ4n) is 3.80. The molecule has 0 unspecified atom stereocenters. The lowest BCUT2D eigenvalue weighted by Gasteiger charge is -2.39. The molecule has 1 aromatic carbocycles. The molecule has 1 N–H and O–H groups in total. The Morgan fingerprint density at radius 1 is 1.15 bits per heavy atom. The summed E-state index contributed by atoms with van der Waals surface area (Å²) in [6, 6.07) is 5.54. The molecule has 1 aliphatic heterocycles. The van der Waals surface area contributed by atoms with E-state index in [4.69, 9.17) is 0 Å². The Morgan fingerprint density at radius 3 is 2.42 bits per heavy atom. The number of benzene rings is 1. The lowest BCUT2D eigenvalue weighted by Crippen LogP contribution is -2.54. The monoisotopic (exact) mass is 369 g/mol. The van der Waals surface area contributed by atoms with Crippen LogP contribution in [0.15, 0.2) is 24.3 Å². The van der Waals surface area contributed by atoms with Gasteiger partial charge >= 0.3 is 6.18 Å². The van der Waals surface area contributed by atoms with E-state index >= 15 is 0 Å². The molecule has 26 heavy (non-hydrogen) atoms. The molecule has 1 saturated carbocycles. The van der Waals surface area contributed by atoms with Crippen molar-refractivity contribution in [3.8, 4) is 0 Å². The summed E-state index contributed by atoms with van der Waals surface area (Å²) in [6.07, 6.45) is 0.137. The zero-order valence-corrected chi connectivity index (χ0v) is 15.1. The topological polar surface area (TPSA) is 35.6 Å². The third kappa shape index (κ3) is 4.50. The molecule has 0 aromatic heterocycles. The molecule has 1 amide bonds. The second-order valence-electron chi connectivity index (χ2n) is 7.24. The largest absolute Gasteiger partial charge is 0.416 e. The van der Waals surface area contributed by atoms with Gasteiger partial charge < -0.3 is 10.2 Å². The number of alkyl halides is 3. The van der Waals surface area contributed by atoms with Crippen LogP contribution in [0.1, 0.15) is 38.2 Å². The van der Waals surface area contributed by atoms with Crippen LogP contribution in [0.25, 0.3) is 0 Å². The first-order valence-electron chi connectivity index (χ1n) is 9.31. The second kappa shape index (κ2) is 7.86. The number of anilines is 1. The number of amides is 1.